The molecule has 18 heavy (non-hydrogen) atoms. The van der Waals surface area contributed by atoms with Gasteiger partial charge in [0.25, 0.3) is 5.91 Å². The van der Waals surface area contributed by atoms with E-state index in [-0.39, 0.29) is 23.9 Å². The molecule has 6 heteroatoms. The summed E-state index contributed by atoms with van der Waals surface area (Å²) in [5, 5.41) is 2.22. The lowest BCUT2D eigenvalue weighted by Crippen LogP contribution is -2.54. The van der Waals surface area contributed by atoms with Crippen molar-refractivity contribution in [2.75, 3.05) is 14.1 Å². The molecule has 3 amide bonds. The topological polar surface area (TPSA) is 78.8 Å². The highest BCUT2D eigenvalue weighted by atomic mass is 16.2. The van der Waals surface area contributed by atoms with Gasteiger partial charge in [-0.05, 0) is 19.4 Å². The zero-order valence-electron chi connectivity index (χ0n) is 10.8. The number of rotatable bonds is 3. The molecule has 0 radical (unpaired) electrons. The molecule has 6 nitrogen and oxygen atoms in total. The monoisotopic (exact) mass is 251 g/mol. The smallest absolute Gasteiger partial charge is 0.272 e. The number of hydrogen-bond acceptors (Lipinski definition) is 4. The van der Waals surface area contributed by atoms with Gasteiger partial charge in [-0.3, -0.25) is 24.7 Å². The highest BCUT2D eigenvalue weighted by molar-refractivity contribution is 6.43. The molecule has 1 rings (SSSR count). The number of nitrogens with one attached hydrogen (secondary N) is 1. The normalized spacial score (nSPS) is 21.1. The minimum atomic E-state index is -0.614. The fourth-order valence-electron chi connectivity index (χ4n) is 1.77. The number of allylic oxidation sites excluding steroid dienone is 1. The van der Waals surface area contributed by atoms with Crippen LogP contribution in [0.15, 0.2) is 17.1 Å². The molecule has 1 saturated heterocycles. The van der Waals surface area contributed by atoms with Crippen molar-refractivity contribution in [2.45, 2.75) is 25.8 Å². The minimum absolute atomic E-state index is 0.246. The fourth-order valence-corrected chi connectivity index (χ4v) is 1.77. The van der Waals surface area contributed by atoms with E-state index in [1.165, 1.54) is 19.0 Å². The maximum Gasteiger partial charge on any atom is 0.272 e. The van der Waals surface area contributed by atoms with Gasteiger partial charge >= 0.3 is 0 Å². The summed E-state index contributed by atoms with van der Waals surface area (Å²) in [7, 11) is 3.06. The first kappa shape index (κ1) is 14.1. The van der Waals surface area contributed by atoms with Gasteiger partial charge in [0.05, 0.1) is 0 Å². The predicted octanol–water partition coefficient (Wildman–Crippen LogP) is -0.103. The van der Waals surface area contributed by atoms with Crippen molar-refractivity contribution in [1.82, 2.24) is 10.2 Å². The number of likely N-dealkylation sites (N-methyl/N-ethyl adjacent to an activating group) is 1. The molecule has 0 aromatic heterocycles. The molecule has 0 aromatic rings. The zero-order valence-corrected chi connectivity index (χ0v) is 10.8. The van der Waals surface area contributed by atoms with Crippen LogP contribution in [0, 0.1) is 0 Å². The summed E-state index contributed by atoms with van der Waals surface area (Å²) >= 11 is 0. The summed E-state index contributed by atoms with van der Waals surface area (Å²) in [4.78, 5) is 39.9. The van der Waals surface area contributed by atoms with Crippen LogP contribution in [-0.4, -0.2) is 48.5 Å². The molecule has 98 valence electrons. The average molecular weight is 251 g/mol. The summed E-state index contributed by atoms with van der Waals surface area (Å²) in [5.41, 5.74) is 0.282. The van der Waals surface area contributed by atoms with E-state index >= 15 is 0 Å². The van der Waals surface area contributed by atoms with Crippen molar-refractivity contribution in [1.29, 1.82) is 0 Å². The Morgan fingerprint density at radius 2 is 2.17 bits per heavy atom. The van der Waals surface area contributed by atoms with Gasteiger partial charge in [0.2, 0.25) is 11.8 Å². The van der Waals surface area contributed by atoms with Crippen LogP contribution in [-0.2, 0) is 14.4 Å². The Balaban J connectivity index is 2.81. The predicted molar refractivity (Wildman–Crippen MR) is 67.1 cm³/mol. The number of aliphatic imine (C=N–C) groups is 1. The third-order valence-corrected chi connectivity index (χ3v) is 2.78. The Hall–Kier alpha value is -1.98. The summed E-state index contributed by atoms with van der Waals surface area (Å²) < 4.78 is 0. The second-order valence-electron chi connectivity index (χ2n) is 3.99. The van der Waals surface area contributed by atoms with Crippen molar-refractivity contribution < 1.29 is 14.4 Å². The molecule has 0 aliphatic carbocycles. The highest BCUT2D eigenvalue weighted by Crippen LogP contribution is 2.11. The molecular weight excluding hydrogens is 234 g/mol. The van der Waals surface area contributed by atoms with E-state index in [1.807, 2.05) is 0 Å². The molecule has 1 unspecified atom stereocenters. The van der Waals surface area contributed by atoms with Crippen molar-refractivity contribution >= 4 is 23.4 Å². The third-order valence-electron chi connectivity index (χ3n) is 2.78. The molecule has 0 spiro atoms. The number of imide groups is 1. The van der Waals surface area contributed by atoms with E-state index in [4.69, 9.17) is 0 Å². The van der Waals surface area contributed by atoms with Crippen LogP contribution in [0.3, 0.4) is 0 Å². The summed E-state index contributed by atoms with van der Waals surface area (Å²) in [6.07, 6.45) is 3.89. The molecule has 0 saturated carbocycles. The average Bonchev–Trinajstić information content (AvgIpc) is 2.34. The van der Waals surface area contributed by atoms with Crippen LogP contribution < -0.4 is 5.32 Å². The van der Waals surface area contributed by atoms with Gasteiger partial charge in [-0.25, -0.2) is 0 Å². The van der Waals surface area contributed by atoms with Crippen molar-refractivity contribution in [2.24, 2.45) is 4.99 Å². The number of hydrogen-bond donors (Lipinski definition) is 1. The van der Waals surface area contributed by atoms with Gasteiger partial charge < -0.3 is 4.90 Å². The number of piperidine rings is 1. The molecular formula is C12H17N3O3. The van der Waals surface area contributed by atoms with Gasteiger partial charge in [-0.1, -0.05) is 6.08 Å². The van der Waals surface area contributed by atoms with Gasteiger partial charge in [0, 0.05) is 20.5 Å². The SMILES string of the molecule is C/C=C\C(=N/C)C(=O)N(C)C1CCC(=O)NC1=O. The number of carbonyl (C=O) groups excluding carboxylic acids is 3. The third kappa shape index (κ3) is 3.03. The fraction of sp³-hybridized carbons (Fsp3) is 0.500. The molecule has 1 heterocycles. The van der Waals surface area contributed by atoms with E-state index in [2.05, 4.69) is 10.3 Å². The Labute approximate surface area is 106 Å². The van der Waals surface area contributed by atoms with Gasteiger partial charge in [-0.2, -0.15) is 0 Å². The summed E-state index contributed by atoms with van der Waals surface area (Å²) in [6.45, 7) is 1.78. The number of nitrogens with zero attached hydrogens (tertiary/aromatic N) is 2. The lowest BCUT2D eigenvalue weighted by atomic mass is 10.0. The van der Waals surface area contributed by atoms with Crippen LogP contribution in [0.5, 0.6) is 0 Å². The highest BCUT2D eigenvalue weighted by Gasteiger charge is 2.32. The van der Waals surface area contributed by atoms with Crippen LogP contribution in [0.1, 0.15) is 19.8 Å². The second-order valence-corrected chi connectivity index (χ2v) is 3.99. The molecule has 1 fully saturated rings. The Bertz CT molecular complexity index is 426. The maximum atomic E-state index is 12.1. The maximum absolute atomic E-state index is 12.1. The Kier molecular flexibility index (Phi) is 4.76. The molecule has 1 N–H and O–H groups in total. The first-order valence-electron chi connectivity index (χ1n) is 5.71. The zero-order chi connectivity index (χ0) is 13.7. The first-order valence-corrected chi connectivity index (χ1v) is 5.71. The number of amides is 3. The van der Waals surface area contributed by atoms with Crippen LogP contribution in [0.25, 0.3) is 0 Å². The standard InChI is InChI=1S/C12H17N3O3/c1-4-5-8(13-2)12(18)15(3)9-6-7-10(16)14-11(9)17/h4-5,9H,6-7H2,1-3H3,(H,14,16,17)/b5-4-,13-8+. The van der Waals surface area contributed by atoms with Crippen molar-refractivity contribution in [3.05, 3.63) is 12.2 Å². The largest absolute Gasteiger partial charge is 0.328 e. The van der Waals surface area contributed by atoms with Gasteiger partial charge in [-0.15, -0.1) is 0 Å². The summed E-state index contributed by atoms with van der Waals surface area (Å²) in [6, 6.07) is -0.614. The van der Waals surface area contributed by atoms with E-state index in [1.54, 1.807) is 19.1 Å². The lowest BCUT2D eigenvalue weighted by Gasteiger charge is -2.29. The van der Waals surface area contributed by atoms with Crippen molar-refractivity contribution in [3.63, 3.8) is 0 Å². The molecule has 1 aliphatic heterocycles. The van der Waals surface area contributed by atoms with Crippen LogP contribution in [0.4, 0.5) is 0 Å². The van der Waals surface area contributed by atoms with Gasteiger partial charge in [0.1, 0.15) is 11.8 Å². The summed E-state index contributed by atoms with van der Waals surface area (Å²) in [5.74, 6) is -1.06. The van der Waals surface area contributed by atoms with E-state index in [0.717, 1.165) is 0 Å². The lowest BCUT2D eigenvalue weighted by molar-refractivity contribution is -0.141. The quantitative estimate of drug-likeness (QED) is 0.562. The van der Waals surface area contributed by atoms with Crippen LogP contribution in [0.2, 0.25) is 0 Å². The van der Waals surface area contributed by atoms with Gasteiger partial charge in [0.15, 0.2) is 0 Å². The molecule has 1 atom stereocenters. The molecule has 0 aromatic carbocycles. The molecule has 1 aliphatic rings. The second kappa shape index (κ2) is 6.09. The van der Waals surface area contributed by atoms with E-state index in [9.17, 15) is 14.4 Å². The van der Waals surface area contributed by atoms with E-state index < -0.39 is 11.9 Å². The Morgan fingerprint density at radius 1 is 1.50 bits per heavy atom. The number of carbonyl (C=O) groups is 3. The Morgan fingerprint density at radius 3 is 2.67 bits per heavy atom. The van der Waals surface area contributed by atoms with E-state index in [0.29, 0.717) is 6.42 Å². The minimum Gasteiger partial charge on any atom is -0.328 e. The molecule has 0 bridgehead atoms. The first-order chi connectivity index (χ1) is 8.51. The van der Waals surface area contributed by atoms with Crippen molar-refractivity contribution in [3.8, 4) is 0 Å². The van der Waals surface area contributed by atoms with Crippen LogP contribution >= 0.6 is 0 Å².